The van der Waals surface area contributed by atoms with Crippen molar-refractivity contribution in [1.82, 2.24) is 4.90 Å². The molecule has 1 aromatic carbocycles. The molecule has 1 fully saturated rings. The second kappa shape index (κ2) is 5.40. The summed E-state index contributed by atoms with van der Waals surface area (Å²) in [6.07, 6.45) is 3.49. The van der Waals surface area contributed by atoms with Crippen LogP contribution in [0.2, 0.25) is 0 Å². The Kier molecular flexibility index (Phi) is 3.55. The lowest BCUT2D eigenvalue weighted by molar-refractivity contribution is 0.146. The third-order valence-corrected chi connectivity index (χ3v) is 6.33. The molecule has 0 saturated carbocycles. The Balaban J connectivity index is 1.77. The van der Waals surface area contributed by atoms with Gasteiger partial charge in [-0.2, -0.15) is 0 Å². The number of likely N-dealkylation sites (tertiary alicyclic amines) is 1. The van der Waals surface area contributed by atoms with E-state index in [-0.39, 0.29) is 5.41 Å². The largest absolute Gasteiger partial charge is 0.465 e. The maximum Gasteiger partial charge on any atom is 0.407 e. The predicted octanol–water partition coefficient (Wildman–Crippen LogP) is 4.09. The van der Waals surface area contributed by atoms with E-state index in [9.17, 15) is 9.90 Å². The van der Waals surface area contributed by atoms with Crippen molar-refractivity contribution in [2.75, 3.05) is 18.0 Å². The summed E-state index contributed by atoms with van der Waals surface area (Å²) in [5, 5.41) is 9.39. The van der Waals surface area contributed by atoms with Crippen LogP contribution in [0, 0.1) is 5.41 Å². The van der Waals surface area contributed by atoms with Gasteiger partial charge in [-0.1, -0.05) is 39.0 Å². The summed E-state index contributed by atoms with van der Waals surface area (Å²) in [4.78, 5) is 15.7. The first-order valence-electron chi connectivity index (χ1n) is 9.26. The van der Waals surface area contributed by atoms with Crippen LogP contribution in [0.5, 0.6) is 0 Å². The van der Waals surface area contributed by atoms with Crippen molar-refractivity contribution in [3.8, 4) is 0 Å². The number of para-hydroxylation sites is 1. The van der Waals surface area contributed by atoms with Gasteiger partial charge in [0.25, 0.3) is 0 Å². The number of anilines is 1. The number of nitrogens with zero attached hydrogens (tertiary/aromatic N) is 2. The van der Waals surface area contributed by atoms with Gasteiger partial charge in [0.15, 0.2) is 0 Å². The second-order valence-electron chi connectivity index (χ2n) is 8.70. The van der Waals surface area contributed by atoms with Gasteiger partial charge in [0, 0.05) is 36.8 Å². The molecule has 4 rings (SSSR count). The number of amides is 1. The molecule has 1 N–H and O–H groups in total. The standard InChI is InChI=1S/C20H28N2O2/c1-20(2,3)17-8-7-13-5-4-6-15-14-9-11-21(19(23)24)12-10-16(14)22(17)18(13)15/h4-6,14,16-17H,7-12H2,1-3H3,(H,23,24). The number of hydrogen-bond donors (Lipinski definition) is 1. The number of carboxylic acid groups (broad SMARTS) is 1. The summed E-state index contributed by atoms with van der Waals surface area (Å²) >= 11 is 0. The molecule has 0 bridgehead atoms. The number of fused-ring (bicyclic) bond motifs is 3. The molecule has 4 heteroatoms. The molecule has 0 aromatic heterocycles. The number of carbonyl (C=O) groups is 1. The summed E-state index contributed by atoms with van der Waals surface area (Å²) in [6, 6.07) is 7.77. The molecule has 24 heavy (non-hydrogen) atoms. The van der Waals surface area contributed by atoms with E-state index in [1.807, 2.05) is 0 Å². The van der Waals surface area contributed by atoms with Crippen molar-refractivity contribution in [2.24, 2.45) is 5.41 Å². The van der Waals surface area contributed by atoms with Crippen molar-refractivity contribution >= 4 is 11.8 Å². The van der Waals surface area contributed by atoms with Crippen molar-refractivity contribution < 1.29 is 9.90 Å². The molecule has 3 atom stereocenters. The average molecular weight is 328 g/mol. The maximum atomic E-state index is 11.4. The van der Waals surface area contributed by atoms with Crippen LogP contribution in [0.1, 0.15) is 57.1 Å². The van der Waals surface area contributed by atoms with E-state index < -0.39 is 6.09 Å². The van der Waals surface area contributed by atoms with Crippen LogP contribution >= 0.6 is 0 Å². The first-order valence-corrected chi connectivity index (χ1v) is 9.26. The van der Waals surface area contributed by atoms with E-state index in [4.69, 9.17) is 0 Å². The smallest absolute Gasteiger partial charge is 0.407 e. The number of rotatable bonds is 0. The minimum atomic E-state index is -0.769. The van der Waals surface area contributed by atoms with E-state index in [2.05, 4.69) is 43.9 Å². The molecule has 130 valence electrons. The summed E-state index contributed by atoms with van der Waals surface area (Å²) < 4.78 is 0. The van der Waals surface area contributed by atoms with Gasteiger partial charge in [0.1, 0.15) is 0 Å². The van der Waals surface area contributed by atoms with Gasteiger partial charge in [0.2, 0.25) is 0 Å². The fourth-order valence-corrected chi connectivity index (χ4v) is 5.24. The average Bonchev–Trinajstić information content (AvgIpc) is 2.69. The molecular weight excluding hydrogens is 300 g/mol. The summed E-state index contributed by atoms with van der Waals surface area (Å²) in [5.41, 5.74) is 4.69. The molecule has 1 amide bonds. The van der Waals surface area contributed by atoms with Gasteiger partial charge in [-0.15, -0.1) is 0 Å². The van der Waals surface area contributed by atoms with Crippen LogP contribution in [-0.4, -0.2) is 41.3 Å². The topological polar surface area (TPSA) is 43.8 Å². The van der Waals surface area contributed by atoms with Crippen LogP contribution in [0.25, 0.3) is 0 Å². The van der Waals surface area contributed by atoms with Gasteiger partial charge in [-0.05, 0) is 42.2 Å². The van der Waals surface area contributed by atoms with Gasteiger partial charge in [0.05, 0.1) is 0 Å². The summed E-state index contributed by atoms with van der Waals surface area (Å²) in [5.74, 6) is 0.479. The highest BCUT2D eigenvalue weighted by molar-refractivity contribution is 5.70. The zero-order valence-electron chi connectivity index (χ0n) is 15.0. The van der Waals surface area contributed by atoms with E-state index in [1.54, 1.807) is 4.90 Å². The van der Waals surface area contributed by atoms with Crippen LogP contribution in [0.3, 0.4) is 0 Å². The first kappa shape index (κ1) is 15.8. The number of benzene rings is 1. The highest BCUT2D eigenvalue weighted by atomic mass is 16.4. The Hall–Kier alpha value is -1.71. The van der Waals surface area contributed by atoms with Crippen molar-refractivity contribution in [2.45, 2.75) is 64.5 Å². The molecule has 1 aromatic rings. The lowest BCUT2D eigenvalue weighted by Crippen LogP contribution is -2.51. The molecule has 0 spiro atoms. The van der Waals surface area contributed by atoms with Crippen LogP contribution in [-0.2, 0) is 6.42 Å². The monoisotopic (exact) mass is 328 g/mol. The second-order valence-corrected chi connectivity index (χ2v) is 8.70. The molecule has 4 nitrogen and oxygen atoms in total. The molecule has 0 radical (unpaired) electrons. The van der Waals surface area contributed by atoms with Crippen molar-refractivity contribution in [1.29, 1.82) is 0 Å². The SMILES string of the molecule is CC(C)(C)C1CCc2cccc3c2N1C1CCN(C(=O)O)CCC31. The Morgan fingerprint density at radius 3 is 2.62 bits per heavy atom. The third-order valence-electron chi connectivity index (χ3n) is 6.33. The predicted molar refractivity (Wildman–Crippen MR) is 95.8 cm³/mol. The molecule has 3 unspecified atom stereocenters. The quantitative estimate of drug-likeness (QED) is 0.780. The highest BCUT2D eigenvalue weighted by Gasteiger charge is 2.48. The van der Waals surface area contributed by atoms with Crippen molar-refractivity contribution in [3.05, 3.63) is 29.3 Å². The minimum absolute atomic E-state index is 0.235. The Bertz CT molecular complexity index is 664. The molecule has 3 heterocycles. The van der Waals surface area contributed by atoms with E-state index in [0.29, 0.717) is 31.1 Å². The van der Waals surface area contributed by atoms with Gasteiger partial charge in [-0.3, -0.25) is 0 Å². The molecule has 1 saturated heterocycles. The zero-order chi connectivity index (χ0) is 17.1. The lowest BCUT2D eigenvalue weighted by atomic mass is 9.79. The maximum absolute atomic E-state index is 11.4. The van der Waals surface area contributed by atoms with Gasteiger partial charge < -0.3 is 14.9 Å². The van der Waals surface area contributed by atoms with Gasteiger partial charge in [-0.25, -0.2) is 4.79 Å². The number of aryl methyl sites for hydroxylation is 1. The summed E-state index contributed by atoms with van der Waals surface area (Å²) in [6.45, 7) is 8.36. The fourth-order valence-electron chi connectivity index (χ4n) is 5.24. The molecule has 3 aliphatic rings. The zero-order valence-corrected chi connectivity index (χ0v) is 15.0. The van der Waals surface area contributed by atoms with E-state index in [0.717, 1.165) is 12.8 Å². The Morgan fingerprint density at radius 2 is 1.92 bits per heavy atom. The van der Waals surface area contributed by atoms with Crippen LogP contribution in [0.4, 0.5) is 10.5 Å². The molecular formula is C20H28N2O2. The van der Waals surface area contributed by atoms with E-state index >= 15 is 0 Å². The van der Waals surface area contributed by atoms with Crippen LogP contribution in [0.15, 0.2) is 18.2 Å². The Morgan fingerprint density at radius 1 is 1.17 bits per heavy atom. The molecule has 0 aliphatic carbocycles. The third kappa shape index (κ3) is 2.30. The fraction of sp³-hybridized carbons (Fsp3) is 0.650. The lowest BCUT2D eigenvalue weighted by Gasteiger charge is -2.47. The Labute approximate surface area is 144 Å². The normalized spacial score (nSPS) is 29.0. The van der Waals surface area contributed by atoms with Gasteiger partial charge >= 0.3 is 6.09 Å². The molecule has 3 aliphatic heterocycles. The minimum Gasteiger partial charge on any atom is -0.465 e. The summed E-state index contributed by atoms with van der Waals surface area (Å²) in [7, 11) is 0. The first-order chi connectivity index (χ1) is 11.4. The van der Waals surface area contributed by atoms with Crippen LogP contribution < -0.4 is 4.90 Å². The van der Waals surface area contributed by atoms with E-state index in [1.165, 1.54) is 29.7 Å². The number of hydrogen-bond acceptors (Lipinski definition) is 2. The highest BCUT2D eigenvalue weighted by Crippen LogP contribution is 2.52. The van der Waals surface area contributed by atoms with Crippen molar-refractivity contribution in [3.63, 3.8) is 0 Å².